The second-order valence-electron chi connectivity index (χ2n) is 6.24. The van der Waals surface area contributed by atoms with Gasteiger partial charge in [-0.25, -0.2) is 13.2 Å². The van der Waals surface area contributed by atoms with Gasteiger partial charge in [0.05, 0.1) is 26.7 Å². The van der Waals surface area contributed by atoms with Crippen LogP contribution in [-0.4, -0.2) is 32.1 Å². The first-order valence-corrected chi connectivity index (χ1v) is 10.7. The number of urea groups is 1. The van der Waals surface area contributed by atoms with Crippen molar-refractivity contribution in [3.05, 3.63) is 57.6 Å². The van der Waals surface area contributed by atoms with Crippen molar-refractivity contribution in [2.75, 3.05) is 18.1 Å². The number of halogens is 2. The lowest BCUT2D eigenvalue weighted by molar-refractivity contribution is 0.188. The summed E-state index contributed by atoms with van der Waals surface area (Å²) in [5, 5.41) is 3.47. The second kappa shape index (κ2) is 7.10. The summed E-state index contributed by atoms with van der Waals surface area (Å²) in [7, 11) is -3.32. The van der Waals surface area contributed by atoms with Gasteiger partial charge in [0.2, 0.25) is 0 Å². The summed E-state index contributed by atoms with van der Waals surface area (Å²) in [6.07, 6.45) is 1.67. The fourth-order valence-corrected chi connectivity index (χ4v) is 4.74. The molecule has 0 saturated heterocycles. The van der Waals surface area contributed by atoms with E-state index in [1.807, 2.05) is 13.0 Å². The van der Waals surface area contributed by atoms with E-state index in [1.165, 1.54) is 6.26 Å². The zero-order valence-electron chi connectivity index (χ0n) is 14.3. The van der Waals surface area contributed by atoms with Gasteiger partial charge in [-0.1, -0.05) is 41.4 Å². The fourth-order valence-electron chi connectivity index (χ4n) is 3.26. The van der Waals surface area contributed by atoms with Crippen LogP contribution in [0.25, 0.3) is 0 Å². The number of hydrogen-bond donors (Lipinski definition) is 1. The quantitative estimate of drug-likeness (QED) is 0.786. The van der Waals surface area contributed by atoms with Gasteiger partial charge in [-0.05, 0) is 42.7 Å². The lowest BCUT2D eigenvalue weighted by atomic mass is 9.94. The maximum Gasteiger partial charge on any atom is 0.322 e. The summed E-state index contributed by atoms with van der Waals surface area (Å²) in [6, 6.07) is 9.57. The molecule has 2 aromatic carbocycles. The van der Waals surface area contributed by atoms with Gasteiger partial charge in [0, 0.05) is 12.8 Å². The molecule has 0 spiro atoms. The molecule has 0 aliphatic carbocycles. The first-order valence-electron chi connectivity index (χ1n) is 8.03. The topological polar surface area (TPSA) is 66.5 Å². The molecule has 1 atom stereocenters. The summed E-state index contributed by atoms with van der Waals surface area (Å²) < 4.78 is 24.0. The number of rotatable bonds is 2. The van der Waals surface area contributed by atoms with Crippen LogP contribution in [-0.2, 0) is 16.3 Å². The molecule has 138 valence electrons. The zero-order chi connectivity index (χ0) is 19.1. The molecule has 2 amide bonds. The summed E-state index contributed by atoms with van der Waals surface area (Å²) in [5.41, 5.74) is 1.98. The predicted molar refractivity (Wildman–Crippen MR) is 104 cm³/mol. The normalized spacial score (nSPS) is 16.9. The van der Waals surface area contributed by atoms with E-state index < -0.39 is 9.84 Å². The molecule has 0 bridgehead atoms. The highest BCUT2D eigenvalue weighted by Gasteiger charge is 2.31. The Bertz CT molecular complexity index is 956. The van der Waals surface area contributed by atoms with Crippen LogP contribution in [0.2, 0.25) is 10.0 Å². The number of para-hydroxylation sites is 1. The van der Waals surface area contributed by atoms with Gasteiger partial charge in [0.1, 0.15) is 0 Å². The lowest BCUT2D eigenvalue weighted by Gasteiger charge is -2.36. The SMILES string of the molecule is C[C@H]1c2cccc(S(C)(=O)=O)c2CCN1C(=O)Nc1c(Cl)cccc1Cl. The Kier molecular flexibility index (Phi) is 5.19. The van der Waals surface area contributed by atoms with Crippen molar-refractivity contribution in [1.29, 1.82) is 0 Å². The van der Waals surface area contributed by atoms with Crippen molar-refractivity contribution in [3.63, 3.8) is 0 Å². The van der Waals surface area contributed by atoms with Gasteiger partial charge in [-0.2, -0.15) is 0 Å². The molecule has 26 heavy (non-hydrogen) atoms. The second-order valence-corrected chi connectivity index (χ2v) is 9.04. The summed E-state index contributed by atoms with van der Waals surface area (Å²) in [5.74, 6) is 0. The smallest absolute Gasteiger partial charge is 0.317 e. The number of hydrogen-bond acceptors (Lipinski definition) is 3. The number of nitrogens with one attached hydrogen (secondary N) is 1. The molecule has 0 fully saturated rings. The fraction of sp³-hybridized carbons (Fsp3) is 0.278. The van der Waals surface area contributed by atoms with Gasteiger partial charge in [-0.3, -0.25) is 0 Å². The summed E-state index contributed by atoms with van der Waals surface area (Å²) in [6.45, 7) is 2.27. The minimum atomic E-state index is -3.32. The average molecular weight is 413 g/mol. The Morgan fingerprint density at radius 2 is 1.77 bits per heavy atom. The first kappa shape index (κ1) is 19.0. The van der Waals surface area contributed by atoms with Crippen LogP contribution in [0.3, 0.4) is 0 Å². The minimum absolute atomic E-state index is 0.276. The van der Waals surface area contributed by atoms with Crippen LogP contribution in [0.5, 0.6) is 0 Å². The van der Waals surface area contributed by atoms with Crippen LogP contribution in [0.4, 0.5) is 10.5 Å². The third-order valence-corrected chi connectivity index (χ3v) is 6.36. The Labute approximate surface area is 162 Å². The van der Waals surface area contributed by atoms with Gasteiger partial charge in [0.25, 0.3) is 0 Å². The Morgan fingerprint density at radius 3 is 2.38 bits per heavy atom. The summed E-state index contributed by atoms with van der Waals surface area (Å²) >= 11 is 12.2. The number of sulfone groups is 1. The van der Waals surface area contributed by atoms with Crippen LogP contribution in [0.15, 0.2) is 41.3 Å². The van der Waals surface area contributed by atoms with E-state index in [-0.39, 0.29) is 12.1 Å². The van der Waals surface area contributed by atoms with E-state index >= 15 is 0 Å². The van der Waals surface area contributed by atoms with E-state index in [0.717, 1.165) is 11.1 Å². The van der Waals surface area contributed by atoms with Crippen molar-refractivity contribution >= 4 is 44.8 Å². The number of carbonyl (C=O) groups is 1. The summed E-state index contributed by atoms with van der Waals surface area (Å²) in [4.78, 5) is 14.7. The molecular weight excluding hydrogens is 395 g/mol. The first-order chi connectivity index (χ1) is 12.2. The third kappa shape index (κ3) is 3.54. The van der Waals surface area contributed by atoms with E-state index in [4.69, 9.17) is 23.2 Å². The standard InChI is InChI=1S/C18H18Cl2N2O3S/c1-11-12-5-3-8-16(26(2,24)25)13(12)9-10-22(11)18(23)21-17-14(19)6-4-7-15(17)20/h3-8,11H,9-10H2,1-2H3,(H,21,23)/t11-/m0/s1. The Balaban J connectivity index is 1.90. The predicted octanol–water partition coefficient (Wildman–Crippen LogP) is 4.55. The number of nitrogens with zero attached hydrogens (tertiary/aromatic N) is 1. The van der Waals surface area contributed by atoms with Gasteiger partial charge < -0.3 is 10.2 Å². The molecule has 0 unspecified atom stereocenters. The van der Waals surface area contributed by atoms with Crippen LogP contribution >= 0.6 is 23.2 Å². The molecule has 2 aromatic rings. The van der Waals surface area contributed by atoms with Gasteiger partial charge >= 0.3 is 6.03 Å². The molecule has 0 radical (unpaired) electrons. The molecule has 8 heteroatoms. The van der Waals surface area contributed by atoms with E-state index in [9.17, 15) is 13.2 Å². The molecule has 1 aliphatic heterocycles. The molecular formula is C18H18Cl2N2O3S. The highest BCUT2D eigenvalue weighted by Crippen LogP contribution is 2.35. The number of anilines is 1. The highest BCUT2D eigenvalue weighted by atomic mass is 35.5. The lowest BCUT2D eigenvalue weighted by Crippen LogP contribution is -2.41. The maximum absolute atomic E-state index is 12.8. The molecule has 1 heterocycles. The third-order valence-electron chi connectivity index (χ3n) is 4.54. The molecule has 0 saturated carbocycles. The number of fused-ring (bicyclic) bond motifs is 1. The number of benzene rings is 2. The van der Waals surface area contributed by atoms with Crippen molar-refractivity contribution in [2.45, 2.75) is 24.3 Å². The van der Waals surface area contributed by atoms with E-state index in [2.05, 4.69) is 5.32 Å². The van der Waals surface area contributed by atoms with Crippen LogP contribution < -0.4 is 5.32 Å². The molecule has 1 aliphatic rings. The minimum Gasteiger partial charge on any atom is -0.317 e. The van der Waals surface area contributed by atoms with Crippen molar-refractivity contribution in [3.8, 4) is 0 Å². The monoisotopic (exact) mass is 412 g/mol. The van der Waals surface area contributed by atoms with Crippen molar-refractivity contribution in [2.24, 2.45) is 0 Å². The van der Waals surface area contributed by atoms with E-state index in [0.29, 0.717) is 33.6 Å². The molecule has 1 N–H and O–H groups in total. The van der Waals surface area contributed by atoms with Crippen molar-refractivity contribution < 1.29 is 13.2 Å². The Hall–Kier alpha value is -1.76. The van der Waals surface area contributed by atoms with E-state index in [1.54, 1.807) is 35.2 Å². The molecule has 3 rings (SSSR count). The van der Waals surface area contributed by atoms with Crippen LogP contribution in [0, 0.1) is 0 Å². The maximum atomic E-state index is 12.8. The van der Waals surface area contributed by atoms with Gasteiger partial charge in [0.15, 0.2) is 9.84 Å². The largest absolute Gasteiger partial charge is 0.322 e. The molecule has 0 aromatic heterocycles. The molecule has 5 nitrogen and oxygen atoms in total. The average Bonchev–Trinajstić information content (AvgIpc) is 2.57. The van der Waals surface area contributed by atoms with Crippen LogP contribution in [0.1, 0.15) is 24.1 Å². The number of carbonyl (C=O) groups excluding carboxylic acids is 1. The zero-order valence-corrected chi connectivity index (χ0v) is 16.6. The Morgan fingerprint density at radius 1 is 1.15 bits per heavy atom. The van der Waals surface area contributed by atoms with Gasteiger partial charge in [-0.15, -0.1) is 0 Å². The number of amides is 2. The van der Waals surface area contributed by atoms with Crippen molar-refractivity contribution in [1.82, 2.24) is 4.90 Å². The highest BCUT2D eigenvalue weighted by molar-refractivity contribution is 7.90.